The van der Waals surface area contributed by atoms with Crippen LogP contribution in [0.25, 0.3) is 39.4 Å². The minimum absolute atomic E-state index is 0.144. The molecule has 2 aromatic heterocycles. The number of hydrogen-bond acceptors (Lipinski definition) is 3. The van der Waals surface area contributed by atoms with Crippen LogP contribution < -0.4 is 5.56 Å². The number of nitrogens with zero attached hydrogens (tertiary/aromatic N) is 3. The molecule has 30 heavy (non-hydrogen) atoms. The third-order valence-corrected chi connectivity index (χ3v) is 5.19. The maximum absolute atomic E-state index is 13.8. The first-order valence-electron chi connectivity index (χ1n) is 9.82. The average Bonchev–Trinajstić information content (AvgIpc) is 3.19. The zero-order chi connectivity index (χ0) is 20.7. The van der Waals surface area contributed by atoms with Gasteiger partial charge in [-0.3, -0.25) is 14.5 Å². The quantitative estimate of drug-likeness (QED) is 0.467. The SMILES string of the molecule is Cc1cccc(-c2nc3n[nH]c(-c4ccccc4)c3c(=O)n2-c2cccc(C)c2)c1. The summed E-state index contributed by atoms with van der Waals surface area (Å²) in [7, 11) is 0. The number of nitrogens with one attached hydrogen (secondary N) is 1. The van der Waals surface area contributed by atoms with E-state index in [1.54, 1.807) is 4.57 Å². The molecule has 0 bridgehead atoms. The summed E-state index contributed by atoms with van der Waals surface area (Å²) in [5.74, 6) is 0.577. The molecule has 0 saturated carbocycles. The number of aromatic nitrogens is 4. The lowest BCUT2D eigenvalue weighted by atomic mass is 10.1. The predicted molar refractivity (Wildman–Crippen MR) is 120 cm³/mol. The zero-order valence-corrected chi connectivity index (χ0v) is 16.8. The van der Waals surface area contributed by atoms with Crippen LogP contribution >= 0.6 is 0 Å². The molecule has 146 valence electrons. The normalized spacial score (nSPS) is 11.1. The van der Waals surface area contributed by atoms with Crippen LogP contribution in [0.4, 0.5) is 0 Å². The van der Waals surface area contributed by atoms with Crippen molar-refractivity contribution in [1.82, 2.24) is 19.7 Å². The fourth-order valence-corrected chi connectivity index (χ4v) is 3.77. The van der Waals surface area contributed by atoms with E-state index in [2.05, 4.69) is 10.2 Å². The molecule has 0 aliphatic rings. The third kappa shape index (κ3) is 3.01. The van der Waals surface area contributed by atoms with Crippen molar-refractivity contribution in [2.75, 3.05) is 0 Å². The Morgan fingerprint density at radius 1 is 0.800 bits per heavy atom. The summed E-state index contributed by atoms with van der Waals surface area (Å²) in [5, 5.41) is 7.88. The Labute approximate surface area is 173 Å². The lowest BCUT2D eigenvalue weighted by Gasteiger charge is -2.14. The molecule has 1 N–H and O–H groups in total. The molecule has 0 spiro atoms. The minimum Gasteiger partial charge on any atom is -0.275 e. The Bertz CT molecular complexity index is 1430. The van der Waals surface area contributed by atoms with E-state index >= 15 is 0 Å². The molecule has 0 atom stereocenters. The lowest BCUT2D eigenvalue weighted by molar-refractivity contribution is 0.968. The number of rotatable bonds is 3. The summed E-state index contributed by atoms with van der Waals surface area (Å²) in [6.07, 6.45) is 0. The number of H-pyrrole nitrogens is 1. The van der Waals surface area contributed by atoms with Gasteiger partial charge in [-0.2, -0.15) is 5.10 Å². The molecule has 3 aromatic carbocycles. The molecule has 0 aliphatic carbocycles. The highest BCUT2D eigenvalue weighted by atomic mass is 16.1. The molecule has 0 fully saturated rings. The highest BCUT2D eigenvalue weighted by Gasteiger charge is 2.20. The van der Waals surface area contributed by atoms with Crippen LogP contribution in [-0.4, -0.2) is 19.7 Å². The van der Waals surface area contributed by atoms with E-state index in [9.17, 15) is 4.79 Å². The fourth-order valence-electron chi connectivity index (χ4n) is 3.77. The fraction of sp³-hybridized carbons (Fsp3) is 0.0800. The van der Waals surface area contributed by atoms with Crippen molar-refractivity contribution in [1.29, 1.82) is 0 Å². The Morgan fingerprint density at radius 2 is 1.50 bits per heavy atom. The van der Waals surface area contributed by atoms with E-state index in [1.165, 1.54) is 0 Å². The summed E-state index contributed by atoms with van der Waals surface area (Å²) in [4.78, 5) is 18.7. The van der Waals surface area contributed by atoms with Gasteiger partial charge in [0.25, 0.3) is 5.56 Å². The molecule has 5 nitrogen and oxygen atoms in total. The maximum Gasteiger partial charge on any atom is 0.270 e. The second-order valence-electron chi connectivity index (χ2n) is 7.45. The predicted octanol–water partition coefficient (Wildman–Crippen LogP) is 5.06. The van der Waals surface area contributed by atoms with Crippen LogP contribution in [0.1, 0.15) is 11.1 Å². The molecule has 5 aromatic rings. The molecule has 0 amide bonds. The third-order valence-electron chi connectivity index (χ3n) is 5.19. The van der Waals surface area contributed by atoms with Crippen molar-refractivity contribution in [3.63, 3.8) is 0 Å². The molecule has 5 rings (SSSR count). The second kappa shape index (κ2) is 7.12. The summed E-state index contributed by atoms with van der Waals surface area (Å²) in [5.41, 5.74) is 5.69. The van der Waals surface area contributed by atoms with Crippen LogP contribution in [0.3, 0.4) is 0 Å². The number of aryl methyl sites for hydroxylation is 2. The van der Waals surface area contributed by atoms with E-state index in [0.29, 0.717) is 22.6 Å². The van der Waals surface area contributed by atoms with Crippen LogP contribution in [0.2, 0.25) is 0 Å². The lowest BCUT2D eigenvalue weighted by Crippen LogP contribution is -2.22. The van der Waals surface area contributed by atoms with Gasteiger partial charge in [0.05, 0.1) is 11.4 Å². The first-order valence-corrected chi connectivity index (χ1v) is 9.82. The van der Waals surface area contributed by atoms with Crippen LogP contribution in [0, 0.1) is 13.8 Å². The maximum atomic E-state index is 13.8. The smallest absolute Gasteiger partial charge is 0.270 e. The van der Waals surface area contributed by atoms with E-state index in [4.69, 9.17) is 4.98 Å². The van der Waals surface area contributed by atoms with Crippen molar-refractivity contribution in [3.8, 4) is 28.3 Å². The van der Waals surface area contributed by atoms with Crippen molar-refractivity contribution in [3.05, 3.63) is 100 Å². The molecular weight excluding hydrogens is 372 g/mol. The topological polar surface area (TPSA) is 63.6 Å². The second-order valence-corrected chi connectivity index (χ2v) is 7.45. The molecule has 0 unspecified atom stereocenters. The molecule has 0 saturated heterocycles. The zero-order valence-electron chi connectivity index (χ0n) is 16.8. The molecule has 0 radical (unpaired) electrons. The number of aromatic amines is 1. The molecule has 2 heterocycles. The molecule has 0 aliphatic heterocycles. The summed E-state index contributed by atoms with van der Waals surface area (Å²) in [6, 6.07) is 25.6. The highest BCUT2D eigenvalue weighted by Crippen LogP contribution is 2.27. The van der Waals surface area contributed by atoms with E-state index < -0.39 is 0 Å². The van der Waals surface area contributed by atoms with Crippen molar-refractivity contribution >= 4 is 11.0 Å². The van der Waals surface area contributed by atoms with Crippen molar-refractivity contribution in [2.45, 2.75) is 13.8 Å². The molecular formula is C25H20N4O. The summed E-state index contributed by atoms with van der Waals surface area (Å²) < 4.78 is 1.69. The largest absolute Gasteiger partial charge is 0.275 e. The van der Waals surface area contributed by atoms with Crippen LogP contribution in [-0.2, 0) is 0 Å². The van der Waals surface area contributed by atoms with Gasteiger partial charge < -0.3 is 0 Å². The van der Waals surface area contributed by atoms with Gasteiger partial charge in [0, 0.05) is 11.1 Å². The van der Waals surface area contributed by atoms with Crippen molar-refractivity contribution < 1.29 is 0 Å². The van der Waals surface area contributed by atoms with Crippen molar-refractivity contribution in [2.24, 2.45) is 0 Å². The van der Waals surface area contributed by atoms with E-state index in [0.717, 1.165) is 27.9 Å². The van der Waals surface area contributed by atoms with Gasteiger partial charge >= 0.3 is 0 Å². The minimum atomic E-state index is -0.144. The van der Waals surface area contributed by atoms with Crippen LogP contribution in [0.15, 0.2) is 83.7 Å². The molecule has 5 heteroatoms. The summed E-state index contributed by atoms with van der Waals surface area (Å²) >= 11 is 0. The van der Waals surface area contributed by atoms with Crippen LogP contribution in [0.5, 0.6) is 0 Å². The van der Waals surface area contributed by atoms with Gasteiger partial charge in [-0.1, -0.05) is 66.2 Å². The first-order chi connectivity index (χ1) is 14.6. The first kappa shape index (κ1) is 18.1. The van der Waals surface area contributed by atoms with Gasteiger partial charge in [0.2, 0.25) is 0 Å². The van der Waals surface area contributed by atoms with Gasteiger partial charge in [-0.15, -0.1) is 0 Å². The van der Waals surface area contributed by atoms with E-state index in [-0.39, 0.29) is 5.56 Å². The Balaban J connectivity index is 1.88. The number of fused-ring (bicyclic) bond motifs is 1. The number of benzene rings is 3. The number of hydrogen-bond donors (Lipinski definition) is 1. The Morgan fingerprint density at radius 3 is 2.23 bits per heavy atom. The van der Waals surface area contributed by atoms with Gasteiger partial charge in [-0.05, 0) is 37.6 Å². The average molecular weight is 392 g/mol. The summed E-state index contributed by atoms with van der Waals surface area (Å²) in [6.45, 7) is 4.04. The van der Waals surface area contributed by atoms with Gasteiger partial charge in [0.15, 0.2) is 5.65 Å². The standard InChI is InChI=1S/C25H20N4O/c1-16-8-6-12-19(14-16)24-26-23-21(22(27-28-23)18-10-4-3-5-11-18)25(30)29(24)20-13-7-9-17(2)15-20/h3-15H,1-2H3,(H,27,28). The Kier molecular flexibility index (Phi) is 4.29. The van der Waals surface area contributed by atoms with Gasteiger partial charge in [-0.25, -0.2) is 4.98 Å². The monoisotopic (exact) mass is 392 g/mol. The Hall–Kier alpha value is -3.99. The van der Waals surface area contributed by atoms with Gasteiger partial charge in [0.1, 0.15) is 11.2 Å². The van der Waals surface area contributed by atoms with E-state index in [1.807, 2.05) is 92.7 Å². The highest BCUT2D eigenvalue weighted by molar-refractivity contribution is 5.91.